The fraction of sp³-hybridized carbons (Fsp3) is 0.417. The van der Waals surface area contributed by atoms with E-state index in [-0.39, 0.29) is 5.82 Å². The minimum absolute atomic E-state index is 0.389. The molecule has 1 saturated carbocycles. The summed E-state index contributed by atoms with van der Waals surface area (Å²) < 4.78 is 13.0. The number of carbonyl (C=O) groups is 1. The van der Waals surface area contributed by atoms with Crippen LogP contribution in [0, 0.1) is 5.82 Å². The monoisotopic (exact) mass is 207 g/mol. The van der Waals surface area contributed by atoms with Gasteiger partial charge in [-0.25, -0.2) is 4.39 Å². The number of hydrogen-bond acceptors (Lipinski definition) is 2. The third-order valence-corrected chi connectivity index (χ3v) is 3.23. The first-order valence-corrected chi connectivity index (χ1v) is 5.13. The molecule has 0 saturated heterocycles. The van der Waals surface area contributed by atoms with Crippen LogP contribution in [0.1, 0.15) is 31.2 Å². The van der Waals surface area contributed by atoms with Crippen molar-refractivity contribution in [2.24, 2.45) is 0 Å². The Morgan fingerprint density at radius 3 is 2.53 bits per heavy atom. The van der Waals surface area contributed by atoms with E-state index in [0.717, 1.165) is 12.8 Å². The predicted octanol–water partition coefficient (Wildman–Crippen LogP) is 1.39. The molecule has 1 aliphatic rings. The molecule has 3 heteroatoms. The Balaban J connectivity index is 2.45. The van der Waals surface area contributed by atoms with Gasteiger partial charge >= 0.3 is 0 Å². The summed E-state index contributed by atoms with van der Waals surface area (Å²) in [6.45, 7) is 0. The van der Waals surface area contributed by atoms with Crippen molar-refractivity contribution in [2.45, 2.75) is 31.1 Å². The van der Waals surface area contributed by atoms with Crippen LogP contribution in [0.5, 0.6) is 0 Å². The fourth-order valence-electron chi connectivity index (χ4n) is 2.38. The highest BCUT2D eigenvalue weighted by Gasteiger charge is 2.37. The normalized spacial score (nSPS) is 19.0. The second kappa shape index (κ2) is 3.65. The SMILES string of the molecule is O=C([O-])C1(c2cccc(F)c2)CCCC1. The Kier molecular flexibility index (Phi) is 2.47. The first-order chi connectivity index (χ1) is 7.15. The van der Waals surface area contributed by atoms with Gasteiger partial charge in [0.1, 0.15) is 5.82 Å². The van der Waals surface area contributed by atoms with Gasteiger partial charge in [-0.15, -0.1) is 0 Å². The van der Waals surface area contributed by atoms with Gasteiger partial charge in [0.05, 0.1) is 5.97 Å². The quantitative estimate of drug-likeness (QED) is 0.735. The van der Waals surface area contributed by atoms with Crippen molar-refractivity contribution < 1.29 is 14.3 Å². The molecule has 0 unspecified atom stereocenters. The van der Waals surface area contributed by atoms with Crippen molar-refractivity contribution in [3.63, 3.8) is 0 Å². The van der Waals surface area contributed by atoms with Crippen molar-refractivity contribution in [3.8, 4) is 0 Å². The minimum Gasteiger partial charge on any atom is -0.549 e. The lowest BCUT2D eigenvalue weighted by Crippen LogP contribution is -2.43. The maximum Gasteiger partial charge on any atom is 0.123 e. The molecule has 0 aliphatic heterocycles. The molecule has 80 valence electrons. The number of halogens is 1. The van der Waals surface area contributed by atoms with E-state index in [1.54, 1.807) is 12.1 Å². The molecule has 1 fully saturated rings. The zero-order valence-electron chi connectivity index (χ0n) is 8.33. The third-order valence-electron chi connectivity index (χ3n) is 3.23. The van der Waals surface area contributed by atoms with Crippen molar-refractivity contribution in [1.29, 1.82) is 0 Å². The second-order valence-corrected chi connectivity index (χ2v) is 4.09. The molecule has 0 spiro atoms. The summed E-state index contributed by atoms with van der Waals surface area (Å²) in [6.07, 6.45) is 2.84. The Bertz CT molecular complexity index is 381. The van der Waals surface area contributed by atoms with Gasteiger partial charge in [0.2, 0.25) is 0 Å². The van der Waals surface area contributed by atoms with Crippen LogP contribution in [-0.4, -0.2) is 5.97 Å². The molecule has 0 bridgehead atoms. The van der Waals surface area contributed by atoms with Crippen LogP contribution >= 0.6 is 0 Å². The van der Waals surface area contributed by atoms with Gasteiger partial charge in [-0.3, -0.25) is 0 Å². The lowest BCUT2D eigenvalue weighted by atomic mass is 9.79. The van der Waals surface area contributed by atoms with Gasteiger partial charge in [0, 0.05) is 5.41 Å². The molecule has 1 aromatic rings. The molecule has 0 N–H and O–H groups in total. The van der Waals surface area contributed by atoms with Crippen LogP contribution in [0.2, 0.25) is 0 Å². The first kappa shape index (κ1) is 10.1. The van der Waals surface area contributed by atoms with Crippen molar-refractivity contribution >= 4 is 5.97 Å². The lowest BCUT2D eigenvalue weighted by Gasteiger charge is -2.30. The van der Waals surface area contributed by atoms with Crippen LogP contribution in [-0.2, 0) is 10.2 Å². The molecule has 15 heavy (non-hydrogen) atoms. The zero-order chi connectivity index (χ0) is 10.9. The van der Waals surface area contributed by atoms with E-state index < -0.39 is 11.4 Å². The summed E-state index contributed by atoms with van der Waals surface area (Å²) in [5.41, 5.74) is -0.415. The number of carboxylic acid groups (broad SMARTS) is 1. The van der Waals surface area contributed by atoms with E-state index in [0.29, 0.717) is 18.4 Å². The Morgan fingerprint density at radius 2 is 2.00 bits per heavy atom. The summed E-state index contributed by atoms with van der Waals surface area (Å²) >= 11 is 0. The molecule has 1 aromatic carbocycles. The summed E-state index contributed by atoms with van der Waals surface area (Å²) in [7, 11) is 0. The summed E-state index contributed by atoms with van der Waals surface area (Å²) in [6, 6.07) is 5.85. The topological polar surface area (TPSA) is 40.1 Å². The summed E-state index contributed by atoms with van der Waals surface area (Å²) in [5, 5.41) is 11.2. The minimum atomic E-state index is -1.08. The number of carboxylic acids is 1. The molecule has 0 radical (unpaired) electrons. The number of hydrogen-bond donors (Lipinski definition) is 0. The van der Waals surface area contributed by atoms with Crippen LogP contribution in [0.4, 0.5) is 4.39 Å². The maximum absolute atomic E-state index is 13.0. The number of rotatable bonds is 2. The molecular formula is C12H12FO2-. The second-order valence-electron chi connectivity index (χ2n) is 4.09. The van der Waals surface area contributed by atoms with E-state index >= 15 is 0 Å². The molecule has 0 atom stereocenters. The first-order valence-electron chi connectivity index (χ1n) is 5.13. The van der Waals surface area contributed by atoms with Crippen LogP contribution in [0.15, 0.2) is 24.3 Å². The lowest BCUT2D eigenvalue weighted by molar-refractivity contribution is -0.313. The fourth-order valence-corrected chi connectivity index (χ4v) is 2.38. The van der Waals surface area contributed by atoms with Crippen LogP contribution in [0.3, 0.4) is 0 Å². The average Bonchev–Trinajstić information content (AvgIpc) is 2.67. The van der Waals surface area contributed by atoms with Crippen molar-refractivity contribution in [1.82, 2.24) is 0 Å². The van der Waals surface area contributed by atoms with E-state index in [1.807, 2.05) is 0 Å². The number of benzene rings is 1. The number of aliphatic carboxylic acids is 1. The zero-order valence-corrected chi connectivity index (χ0v) is 8.33. The predicted molar refractivity (Wildman–Crippen MR) is 51.6 cm³/mol. The standard InChI is InChI=1S/C12H13FO2/c13-10-5-3-4-9(8-10)12(11(14)15)6-1-2-7-12/h3-5,8H,1-2,6-7H2,(H,14,15)/p-1. The van der Waals surface area contributed by atoms with E-state index in [9.17, 15) is 14.3 Å². The Morgan fingerprint density at radius 1 is 1.33 bits per heavy atom. The van der Waals surface area contributed by atoms with Gasteiger partial charge in [0.25, 0.3) is 0 Å². The summed E-state index contributed by atoms with van der Waals surface area (Å²) in [5.74, 6) is -1.47. The van der Waals surface area contributed by atoms with Gasteiger partial charge in [-0.2, -0.15) is 0 Å². The molecule has 1 aliphatic carbocycles. The molecule has 2 rings (SSSR count). The molecule has 0 aromatic heterocycles. The Hall–Kier alpha value is -1.38. The van der Waals surface area contributed by atoms with Gasteiger partial charge < -0.3 is 9.90 Å². The van der Waals surface area contributed by atoms with Crippen molar-refractivity contribution in [2.75, 3.05) is 0 Å². The van der Waals surface area contributed by atoms with Crippen molar-refractivity contribution in [3.05, 3.63) is 35.6 Å². The molecule has 0 amide bonds. The van der Waals surface area contributed by atoms with Crippen LogP contribution < -0.4 is 5.11 Å². The third kappa shape index (κ3) is 1.62. The van der Waals surface area contributed by atoms with Gasteiger partial charge in [-0.05, 0) is 30.5 Å². The number of carbonyl (C=O) groups excluding carboxylic acids is 1. The molecule has 2 nitrogen and oxygen atoms in total. The highest BCUT2D eigenvalue weighted by atomic mass is 19.1. The van der Waals surface area contributed by atoms with Gasteiger partial charge in [-0.1, -0.05) is 25.0 Å². The van der Waals surface area contributed by atoms with E-state index in [1.165, 1.54) is 12.1 Å². The molecular weight excluding hydrogens is 195 g/mol. The van der Waals surface area contributed by atoms with Crippen LogP contribution in [0.25, 0.3) is 0 Å². The largest absolute Gasteiger partial charge is 0.549 e. The summed E-state index contributed by atoms with van der Waals surface area (Å²) in [4.78, 5) is 11.2. The van der Waals surface area contributed by atoms with E-state index in [4.69, 9.17) is 0 Å². The molecule has 0 heterocycles. The smallest absolute Gasteiger partial charge is 0.123 e. The Labute approximate surface area is 87.7 Å². The average molecular weight is 207 g/mol. The van der Waals surface area contributed by atoms with E-state index in [2.05, 4.69) is 0 Å². The maximum atomic E-state index is 13.0. The highest BCUT2D eigenvalue weighted by molar-refractivity contribution is 5.79. The highest BCUT2D eigenvalue weighted by Crippen LogP contribution is 2.40. The van der Waals surface area contributed by atoms with Gasteiger partial charge in [0.15, 0.2) is 0 Å².